The van der Waals surface area contributed by atoms with Crippen molar-refractivity contribution in [2.24, 2.45) is 0 Å². The minimum Gasteiger partial charge on any atom is -0.368 e. The molecule has 3 aliphatic rings. The SMILES string of the molecule is CC(C)(C)c1ccc(N2CC3CC(C2)N3CCF)cc1. The lowest BCUT2D eigenvalue weighted by molar-refractivity contribution is -0.00468. The third kappa shape index (κ3) is 2.44. The molecule has 3 saturated heterocycles. The van der Waals surface area contributed by atoms with Crippen molar-refractivity contribution >= 4 is 5.69 Å². The van der Waals surface area contributed by atoms with Crippen molar-refractivity contribution in [2.45, 2.75) is 44.7 Å². The fraction of sp³-hybridized carbons (Fsp3) is 0.647. The van der Waals surface area contributed by atoms with Crippen LogP contribution >= 0.6 is 0 Å². The summed E-state index contributed by atoms with van der Waals surface area (Å²) < 4.78 is 12.5. The van der Waals surface area contributed by atoms with Crippen molar-refractivity contribution in [3.8, 4) is 0 Å². The molecular weight excluding hydrogens is 251 g/mol. The smallest absolute Gasteiger partial charge is 0.102 e. The topological polar surface area (TPSA) is 6.48 Å². The second-order valence-corrected chi connectivity index (χ2v) is 7.17. The van der Waals surface area contributed by atoms with Crippen LogP contribution < -0.4 is 4.90 Å². The highest BCUT2D eigenvalue weighted by Gasteiger charge is 2.44. The van der Waals surface area contributed by atoms with Crippen LogP contribution in [0.2, 0.25) is 0 Å². The van der Waals surface area contributed by atoms with Gasteiger partial charge in [0.25, 0.3) is 0 Å². The summed E-state index contributed by atoms with van der Waals surface area (Å²) in [5.41, 5.74) is 2.90. The van der Waals surface area contributed by atoms with Gasteiger partial charge in [0, 0.05) is 37.4 Å². The molecule has 0 saturated carbocycles. The zero-order valence-electron chi connectivity index (χ0n) is 12.8. The number of alkyl halides is 1. The van der Waals surface area contributed by atoms with Crippen LogP contribution in [0.4, 0.5) is 10.1 Å². The van der Waals surface area contributed by atoms with Crippen LogP contribution in [0.1, 0.15) is 32.8 Å². The normalized spacial score (nSPS) is 26.5. The molecule has 110 valence electrons. The van der Waals surface area contributed by atoms with Gasteiger partial charge in [-0.05, 0) is 29.5 Å². The number of hydrogen-bond acceptors (Lipinski definition) is 2. The lowest BCUT2D eigenvalue weighted by Gasteiger charge is -2.56. The van der Waals surface area contributed by atoms with Gasteiger partial charge in [-0.2, -0.15) is 0 Å². The predicted molar refractivity (Wildman–Crippen MR) is 82.2 cm³/mol. The van der Waals surface area contributed by atoms with Crippen LogP contribution in [0.25, 0.3) is 0 Å². The predicted octanol–water partition coefficient (Wildman–Crippen LogP) is 3.22. The van der Waals surface area contributed by atoms with Crippen LogP contribution in [0.15, 0.2) is 24.3 Å². The first-order chi connectivity index (χ1) is 9.49. The van der Waals surface area contributed by atoms with Gasteiger partial charge in [0.2, 0.25) is 0 Å². The Morgan fingerprint density at radius 1 is 1.10 bits per heavy atom. The van der Waals surface area contributed by atoms with E-state index in [9.17, 15) is 4.39 Å². The summed E-state index contributed by atoms with van der Waals surface area (Å²) >= 11 is 0. The Balaban J connectivity index is 1.67. The number of piperazine rings is 1. The van der Waals surface area contributed by atoms with Crippen molar-refractivity contribution in [2.75, 3.05) is 31.2 Å². The maximum atomic E-state index is 12.5. The highest BCUT2D eigenvalue weighted by Crippen LogP contribution is 2.35. The minimum atomic E-state index is -0.215. The Morgan fingerprint density at radius 3 is 2.20 bits per heavy atom. The molecule has 0 N–H and O–H groups in total. The molecule has 3 aliphatic heterocycles. The first kappa shape index (κ1) is 13.9. The van der Waals surface area contributed by atoms with Crippen molar-refractivity contribution in [1.29, 1.82) is 0 Å². The Bertz CT molecular complexity index is 451. The van der Waals surface area contributed by atoms with Gasteiger partial charge in [-0.1, -0.05) is 32.9 Å². The third-order valence-corrected chi connectivity index (χ3v) is 4.79. The molecule has 2 bridgehead atoms. The van der Waals surface area contributed by atoms with Gasteiger partial charge in [0.1, 0.15) is 6.67 Å². The van der Waals surface area contributed by atoms with E-state index in [-0.39, 0.29) is 12.1 Å². The molecule has 3 heterocycles. The summed E-state index contributed by atoms with van der Waals surface area (Å²) in [4.78, 5) is 4.79. The third-order valence-electron chi connectivity index (χ3n) is 4.79. The first-order valence-corrected chi connectivity index (χ1v) is 7.66. The molecule has 0 spiro atoms. The van der Waals surface area contributed by atoms with Crippen molar-refractivity contribution < 1.29 is 4.39 Å². The largest absolute Gasteiger partial charge is 0.368 e. The van der Waals surface area contributed by atoms with Crippen molar-refractivity contribution in [3.63, 3.8) is 0 Å². The van der Waals surface area contributed by atoms with E-state index in [2.05, 4.69) is 54.8 Å². The highest BCUT2D eigenvalue weighted by molar-refractivity contribution is 5.50. The molecule has 0 amide bonds. The van der Waals surface area contributed by atoms with Crippen LogP contribution in [0, 0.1) is 0 Å². The molecule has 3 heteroatoms. The number of hydrogen-bond donors (Lipinski definition) is 0. The van der Waals surface area contributed by atoms with Crippen LogP contribution in [-0.4, -0.2) is 43.3 Å². The van der Waals surface area contributed by atoms with E-state index in [0.29, 0.717) is 18.6 Å². The van der Waals surface area contributed by atoms with Crippen molar-refractivity contribution in [3.05, 3.63) is 29.8 Å². The van der Waals surface area contributed by atoms with Gasteiger partial charge in [-0.25, -0.2) is 4.39 Å². The molecule has 3 fully saturated rings. The monoisotopic (exact) mass is 276 g/mol. The molecule has 20 heavy (non-hydrogen) atoms. The lowest BCUT2D eigenvalue weighted by atomic mass is 9.85. The number of halogens is 1. The molecule has 1 aromatic carbocycles. The molecule has 2 nitrogen and oxygen atoms in total. The van der Waals surface area contributed by atoms with Gasteiger partial charge in [0.05, 0.1) is 0 Å². The van der Waals surface area contributed by atoms with Crippen LogP contribution in [0.3, 0.4) is 0 Å². The summed E-state index contributed by atoms with van der Waals surface area (Å²) in [6, 6.07) is 10.1. The van der Waals surface area contributed by atoms with Gasteiger partial charge in [-0.3, -0.25) is 4.90 Å². The Labute approximate surface area is 121 Å². The van der Waals surface area contributed by atoms with Gasteiger partial charge in [-0.15, -0.1) is 0 Å². The average molecular weight is 276 g/mol. The molecular formula is C17H25FN2. The fourth-order valence-corrected chi connectivity index (χ4v) is 3.53. The number of rotatable bonds is 3. The summed E-state index contributed by atoms with van der Waals surface area (Å²) in [5, 5.41) is 0. The highest BCUT2D eigenvalue weighted by atomic mass is 19.1. The quantitative estimate of drug-likeness (QED) is 0.836. The Morgan fingerprint density at radius 2 is 1.70 bits per heavy atom. The maximum absolute atomic E-state index is 12.5. The van der Waals surface area contributed by atoms with E-state index < -0.39 is 0 Å². The summed E-state index contributed by atoms with van der Waals surface area (Å²) in [5.74, 6) is 0. The van der Waals surface area contributed by atoms with E-state index in [0.717, 1.165) is 13.1 Å². The van der Waals surface area contributed by atoms with Gasteiger partial charge in [0.15, 0.2) is 0 Å². The van der Waals surface area contributed by atoms with E-state index in [1.807, 2.05) is 0 Å². The molecule has 2 atom stereocenters. The van der Waals surface area contributed by atoms with E-state index in [4.69, 9.17) is 0 Å². The Kier molecular flexibility index (Phi) is 3.49. The van der Waals surface area contributed by atoms with Crippen molar-refractivity contribution in [1.82, 2.24) is 4.90 Å². The molecule has 0 radical (unpaired) electrons. The number of piperidine rings is 1. The molecule has 4 rings (SSSR count). The lowest BCUT2D eigenvalue weighted by Crippen LogP contribution is -2.69. The molecule has 1 aromatic rings. The van der Waals surface area contributed by atoms with Gasteiger partial charge >= 0.3 is 0 Å². The Hall–Kier alpha value is -1.09. The van der Waals surface area contributed by atoms with Gasteiger partial charge < -0.3 is 4.90 Å². The summed E-state index contributed by atoms with van der Waals surface area (Å²) in [6.07, 6.45) is 1.25. The number of fused-ring (bicyclic) bond motifs is 2. The second kappa shape index (κ2) is 5.03. The standard InChI is InChI=1S/C17H25FN2/c1-17(2,3)13-4-6-14(7-5-13)19-11-15-10-16(12-19)20(15)9-8-18/h4-7,15-16H,8-12H2,1-3H3. The van der Waals surface area contributed by atoms with E-state index >= 15 is 0 Å². The zero-order valence-corrected chi connectivity index (χ0v) is 12.8. The van der Waals surface area contributed by atoms with E-state index in [1.54, 1.807) is 0 Å². The average Bonchev–Trinajstić information content (AvgIpc) is 2.44. The summed E-state index contributed by atoms with van der Waals surface area (Å²) in [6.45, 7) is 9.23. The fourth-order valence-electron chi connectivity index (χ4n) is 3.53. The second-order valence-electron chi connectivity index (χ2n) is 7.17. The summed E-state index contributed by atoms with van der Waals surface area (Å²) in [7, 11) is 0. The first-order valence-electron chi connectivity index (χ1n) is 7.66. The number of benzene rings is 1. The zero-order chi connectivity index (χ0) is 14.3. The molecule has 0 aliphatic carbocycles. The number of anilines is 1. The maximum Gasteiger partial charge on any atom is 0.102 e. The van der Waals surface area contributed by atoms with Crippen LogP contribution in [0.5, 0.6) is 0 Å². The molecule has 0 aromatic heterocycles. The van der Waals surface area contributed by atoms with E-state index in [1.165, 1.54) is 17.7 Å². The molecule has 2 unspecified atom stereocenters. The number of nitrogens with zero attached hydrogens (tertiary/aromatic N) is 2. The van der Waals surface area contributed by atoms with Crippen LogP contribution in [-0.2, 0) is 5.41 Å². The minimum absolute atomic E-state index is 0.209.